The van der Waals surface area contributed by atoms with E-state index in [0.717, 1.165) is 38.5 Å². The number of rotatable bonds is 46. The molecule has 0 radical (unpaired) electrons. The highest BCUT2D eigenvalue weighted by molar-refractivity contribution is 5.85. The van der Waals surface area contributed by atoms with Crippen molar-refractivity contribution in [1.82, 2.24) is 5.32 Å². The van der Waals surface area contributed by atoms with Crippen LogP contribution >= 0.6 is 0 Å². The fourth-order valence-electron chi connectivity index (χ4n) is 9.07. The Kier molecular flexibility index (Phi) is 38.2. The Morgan fingerprint density at radius 1 is 0.462 bits per heavy atom. The number of hydrogen-bond donors (Lipinski definition) is 1. The van der Waals surface area contributed by atoms with Gasteiger partial charge in [0.15, 0.2) is 6.04 Å². The van der Waals surface area contributed by atoms with E-state index in [1.807, 2.05) is 48.5 Å². The molecule has 0 aromatic carbocycles. The number of hydrogen-bond acceptors (Lipinski definition) is 7. The van der Waals surface area contributed by atoms with Crippen molar-refractivity contribution in [3.8, 4) is 0 Å². The van der Waals surface area contributed by atoms with Crippen molar-refractivity contribution in [1.29, 1.82) is 0 Å². The average Bonchev–Trinajstić information content (AvgIpc) is 3.23. The highest BCUT2D eigenvalue weighted by atomic mass is 16.6. The monoisotopic (exact) mass is 922 g/mol. The molecule has 0 fully saturated rings. The number of carbonyl (C=O) groups excluding carboxylic acids is 3. The summed E-state index contributed by atoms with van der Waals surface area (Å²) >= 11 is 0. The van der Waals surface area contributed by atoms with Gasteiger partial charge in [-0.05, 0) is 87.5 Å². The second kappa shape index (κ2) is 39.2. The molecule has 0 aromatic rings. The van der Waals surface area contributed by atoms with Crippen LogP contribution in [0, 0.1) is 5.41 Å². The van der Waals surface area contributed by atoms with E-state index >= 15 is 0 Å². The summed E-state index contributed by atoms with van der Waals surface area (Å²) in [6.45, 7) is 23.3. The van der Waals surface area contributed by atoms with Crippen LogP contribution in [0.1, 0.15) is 301 Å². The summed E-state index contributed by atoms with van der Waals surface area (Å²) in [5, 5.41) is 2.88. The lowest BCUT2D eigenvalue weighted by molar-refractivity contribution is -0.175. The largest absolute Gasteiger partial charge is 0.464 e. The van der Waals surface area contributed by atoms with E-state index in [0.29, 0.717) is 38.9 Å². The third-order valence-corrected chi connectivity index (χ3v) is 13.1. The highest BCUT2D eigenvalue weighted by Crippen LogP contribution is 2.38. The molecule has 0 aliphatic heterocycles. The van der Waals surface area contributed by atoms with Crippen LogP contribution in [-0.4, -0.2) is 60.5 Å². The van der Waals surface area contributed by atoms with Gasteiger partial charge in [-0.25, -0.2) is 4.79 Å². The van der Waals surface area contributed by atoms with Crippen LogP contribution in [-0.2, 0) is 33.3 Å². The Hall–Kier alpha value is -1.67. The number of carbonyl (C=O) groups is 3. The van der Waals surface area contributed by atoms with E-state index in [9.17, 15) is 14.4 Å². The van der Waals surface area contributed by atoms with Gasteiger partial charge < -0.3 is 24.3 Å². The maximum atomic E-state index is 13.8. The molecule has 0 aliphatic rings. The van der Waals surface area contributed by atoms with Crippen molar-refractivity contribution in [2.45, 2.75) is 324 Å². The van der Waals surface area contributed by atoms with Gasteiger partial charge in [0.1, 0.15) is 6.61 Å². The van der Waals surface area contributed by atoms with Crippen LogP contribution < -0.4 is 5.32 Å². The first kappa shape index (κ1) is 63.3. The second-order valence-corrected chi connectivity index (χ2v) is 22.3. The van der Waals surface area contributed by atoms with Gasteiger partial charge in [0.2, 0.25) is 5.91 Å². The van der Waals surface area contributed by atoms with E-state index in [1.54, 1.807) is 0 Å². The molecule has 0 saturated heterocycles. The standard InChI is InChI=1S/C57H111NO7/c1-12-15-17-19-21-23-25-27-29-31-33-35-37-39-41-43-46-62-52(60)50(58-51(59)44-42-40-38-36-34-32-30-28-26-24-22-20-18-16-13-2)48-63-53(61)57(11,14-3)49-56(9,10)65-55(7,8)45-47-64-54(4,5)6/h50H,12-49H2,1-11H3,(H,58,59). The van der Waals surface area contributed by atoms with Gasteiger partial charge in [0.25, 0.3) is 0 Å². The van der Waals surface area contributed by atoms with Gasteiger partial charge in [-0.1, -0.05) is 207 Å². The van der Waals surface area contributed by atoms with Crippen LogP contribution in [0.25, 0.3) is 0 Å². The minimum Gasteiger partial charge on any atom is -0.464 e. The Morgan fingerprint density at radius 2 is 0.846 bits per heavy atom. The van der Waals surface area contributed by atoms with E-state index in [2.05, 4.69) is 33.0 Å². The Labute approximate surface area is 404 Å². The molecule has 65 heavy (non-hydrogen) atoms. The lowest BCUT2D eigenvalue weighted by Crippen LogP contribution is -2.47. The molecule has 1 N–H and O–H groups in total. The predicted octanol–water partition coefficient (Wildman–Crippen LogP) is 16.7. The zero-order valence-corrected chi connectivity index (χ0v) is 45.3. The molecule has 1 amide bonds. The fourth-order valence-corrected chi connectivity index (χ4v) is 9.07. The molecule has 0 aliphatic carbocycles. The third kappa shape index (κ3) is 38.9. The Bertz CT molecular complexity index is 1150. The van der Waals surface area contributed by atoms with Crippen molar-refractivity contribution in [2.75, 3.05) is 19.8 Å². The summed E-state index contributed by atoms with van der Waals surface area (Å²) in [7, 11) is 0. The first-order valence-electron chi connectivity index (χ1n) is 27.9. The summed E-state index contributed by atoms with van der Waals surface area (Å²) in [4.78, 5) is 40.5. The van der Waals surface area contributed by atoms with Crippen molar-refractivity contribution < 1.29 is 33.3 Å². The van der Waals surface area contributed by atoms with Gasteiger partial charge in [-0.3, -0.25) is 9.59 Å². The van der Waals surface area contributed by atoms with Crippen LogP contribution in [0.3, 0.4) is 0 Å². The number of esters is 2. The van der Waals surface area contributed by atoms with E-state index in [1.165, 1.54) is 161 Å². The van der Waals surface area contributed by atoms with Crippen LogP contribution in [0.4, 0.5) is 0 Å². The molecule has 0 spiro atoms. The molecule has 0 bridgehead atoms. The molecule has 2 atom stereocenters. The average molecular weight is 923 g/mol. The lowest BCUT2D eigenvalue weighted by atomic mass is 9.77. The van der Waals surface area contributed by atoms with Crippen molar-refractivity contribution in [3.63, 3.8) is 0 Å². The van der Waals surface area contributed by atoms with Gasteiger partial charge >= 0.3 is 11.9 Å². The molecule has 386 valence electrons. The molecular formula is C57H111NO7. The van der Waals surface area contributed by atoms with Gasteiger partial charge in [-0.2, -0.15) is 0 Å². The number of ether oxygens (including phenoxy) is 4. The van der Waals surface area contributed by atoms with E-state index in [-0.39, 0.29) is 18.1 Å². The zero-order valence-electron chi connectivity index (χ0n) is 45.3. The quantitative estimate of drug-likeness (QED) is 0.0479. The van der Waals surface area contributed by atoms with E-state index in [4.69, 9.17) is 18.9 Å². The first-order valence-corrected chi connectivity index (χ1v) is 27.9. The van der Waals surface area contributed by atoms with Gasteiger partial charge in [-0.15, -0.1) is 0 Å². The van der Waals surface area contributed by atoms with Crippen molar-refractivity contribution >= 4 is 17.8 Å². The number of unbranched alkanes of at least 4 members (excludes halogenated alkanes) is 29. The third-order valence-electron chi connectivity index (χ3n) is 13.1. The summed E-state index contributed by atoms with van der Waals surface area (Å²) < 4.78 is 24.2. The molecule has 0 aromatic heterocycles. The zero-order chi connectivity index (χ0) is 48.7. The molecule has 2 unspecified atom stereocenters. The lowest BCUT2D eigenvalue weighted by Gasteiger charge is -2.41. The molecule has 0 rings (SSSR count). The number of amides is 1. The molecule has 8 nitrogen and oxygen atoms in total. The maximum absolute atomic E-state index is 13.8. The first-order chi connectivity index (χ1) is 30.9. The Balaban J connectivity index is 4.97. The van der Waals surface area contributed by atoms with Crippen molar-refractivity contribution in [3.05, 3.63) is 0 Å². The maximum Gasteiger partial charge on any atom is 0.332 e. The SMILES string of the molecule is CCCCCCCCCCCCCCCCCCOC(=O)C(COC(=O)C(C)(CC)CC(C)(C)OC(C)(C)CCOC(C)(C)C)NC(=O)CCCCCCCCCCCCCCCCC. The number of nitrogens with one attached hydrogen (secondary N) is 1. The Morgan fingerprint density at radius 3 is 1.23 bits per heavy atom. The fraction of sp³-hybridized carbons (Fsp3) is 0.947. The van der Waals surface area contributed by atoms with Gasteiger partial charge in [0.05, 0.1) is 28.8 Å². The van der Waals surface area contributed by atoms with Crippen molar-refractivity contribution in [2.24, 2.45) is 5.41 Å². The minimum absolute atomic E-state index is 0.203. The normalized spacial score (nSPS) is 13.7. The van der Waals surface area contributed by atoms with E-state index < -0.39 is 34.6 Å². The molecule has 0 heterocycles. The minimum atomic E-state index is -1.05. The summed E-state index contributed by atoms with van der Waals surface area (Å²) in [5.74, 6) is -1.15. The van der Waals surface area contributed by atoms with Crippen LogP contribution in [0.2, 0.25) is 0 Å². The predicted molar refractivity (Wildman–Crippen MR) is 276 cm³/mol. The molecule has 0 saturated carbocycles. The highest BCUT2D eigenvalue weighted by Gasteiger charge is 2.42. The molecule has 8 heteroatoms. The second-order valence-electron chi connectivity index (χ2n) is 22.3. The summed E-state index contributed by atoms with van der Waals surface area (Å²) in [5.41, 5.74) is -2.19. The van der Waals surface area contributed by atoms with Crippen LogP contribution in [0.5, 0.6) is 0 Å². The van der Waals surface area contributed by atoms with Crippen LogP contribution in [0.15, 0.2) is 0 Å². The van der Waals surface area contributed by atoms with Gasteiger partial charge in [0, 0.05) is 13.0 Å². The summed E-state index contributed by atoms with van der Waals surface area (Å²) in [6, 6.07) is -1.05. The molecular weight excluding hydrogens is 811 g/mol. The smallest absolute Gasteiger partial charge is 0.332 e. The summed E-state index contributed by atoms with van der Waals surface area (Å²) in [6.07, 6.45) is 41.4. The topological polar surface area (TPSA) is 100 Å².